The third-order valence-corrected chi connectivity index (χ3v) is 4.14. The van der Waals surface area contributed by atoms with E-state index >= 15 is 0 Å². The smallest absolute Gasteiger partial charge is 0.292 e. The second-order valence-electron chi connectivity index (χ2n) is 5.56. The Morgan fingerprint density at radius 3 is 2.37 bits per heavy atom. The summed E-state index contributed by atoms with van der Waals surface area (Å²) in [6.45, 7) is 0.881. The number of benzene rings is 2. The first-order chi connectivity index (χ1) is 13.0. The fraction of sp³-hybridized carbons (Fsp3) is 0.222. The van der Waals surface area contributed by atoms with E-state index < -0.39 is 4.92 Å². The van der Waals surface area contributed by atoms with Crippen LogP contribution in [0.15, 0.2) is 53.0 Å². The molecule has 0 fully saturated rings. The lowest BCUT2D eigenvalue weighted by molar-refractivity contribution is -0.384. The third-order valence-electron chi connectivity index (χ3n) is 3.61. The summed E-state index contributed by atoms with van der Waals surface area (Å²) in [7, 11) is 0. The zero-order valence-electron chi connectivity index (χ0n) is 14.4. The Morgan fingerprint density at radius 2 is 1.67 bits per heavy atom. The predicted octanol–water partition coefficient (Wildman–Crippen LogP) is 2.71. The van der Waals surface area contributed by atoms with Gasteiger partial charge in [0.15, 0.2) is 0 Å². The second kappa shape index (κ2) is 10.3. The van der Waals surface area contributed by atoms with E-state index in [1.165, 1.54) is 6.07 Å². The van der Waals surface area contributed by atoms with Crippen LogP contribution in [0.5, 0.6) is 0 Å². The molecule has 0 bridgehead atoms. The summed E-state index contributed by atoms with van der Waals surface area (Å²) in [4.78, 5) is 34.2. The molecule has 0 heterocycles. The highest BCUT2D eigenvalue weighted by Gasteiger charge is 2.11. The van der Waals surface area contributed by atoms with Gasteiger partial charge in [-0.3, -0.25) is 19.7 Å². The van der Waals surface area contributed by atoms with Crippen molar-refractivity contribution >= 4 is 39.1 Å². The van der Waals surface area contributed by atoms with Crippen molar-refractivity contribution < 1.29 is 14.5 Å². The molecule has 142 valence electrons. The Balaban J connectivity index is 1.64. The molecule has 2 aromatic rings. The standard InChI is InChI=1S/C18H19BrN4O4/c19-14-7-5-13(6-8-14)18(25)22-10-9-17(24)21-12-11-20-15-3-1-2-4-16(15)23(26)27/h1-8,20H,9-12H2,(H,21,24)(H,22,25). The summed E-state index contributed by atoms with van der Waals surface area (Å²) in [6, 6.07) is 13.2. The molecule has 3 N–H and O–H groups in total. The molecule has 0 spiro atoms. The number of amides is 2. The molecule has 0 saturated heterocycles. The van der Waals surface area contributed by atoms with E-state index in [2.05, 4.69) is 31.9 Å². The van der Waals surface area contributed by atoms with E-state index in [4.69, 9.17) is 0 Å². The summed E-state index contributed by atoms with van der Waals surface area (Å²) in [6.07, 6.45) is 0.147. The Hall–Kier alpha value is -2.94. The summed E-state index contributed by atoms with van der Waals surface area (Å²) in [5.41, 5.74) is 0.908. The van der Waals surface area contributed by atoms with E-state index in [0.29, 0.717) is 24.3 Å². The second-order valence-corrected chi connectivity index (χ2v) is 6.48. The largest absolute Gasteiger partial charge is 0.378 e. The van der Waals surface area contributed by atoms with Crippen molar-refractivity contribution in [3.8, 4) is 0 Å². The highest BCUT2D eigenvalue weighted by atomic mass is 79.9. The van der Waals surface area contributed by atoms with Crippen LogP contribution in [0.4, 0.5) is 11.4 Å². The Kier molecular flexibility index (Phi) is 7.75. The lowest BCUT2D eigenvalue weighted by atomic mass is 10.2. The van der Waals surface area contributed by atoms with Crippen LogP contribution in [0.3, 0.4) is 0 Å². The number of halogens is 1. The molecule has 0 unspecified atom stereocenters. The average Bonchev–Trinajstić information content (AvgIpc) is 2.66. The number of nitro benzene ring substituents is 1. The van der Waals surface area contributed by atoms with Gasteiger partial charge in [-0.05, 0) is 30.3 Å². The van der Waals surface area contributed by atoms with Crippen LogP contribution in [0, 0.1) is 10.1 Å². The van der Waals surface area contributed by atoms with E-state index in [1.807, 2.05) is 0 Å². The van der Waals surface area contributed by atoms with Crippen LogP contribution >= 0.6 is 15.9 Å². The maximum Gasteiger partial charge on any atom is 0.292 e. The first kappa shape index (κ1) is 20.4. The molecule has 2 rings (SSSR count). The van der Waals surface area contributed by atoms with Crippen LogP contribution in [-0.2, 0) is 4.79 Å². The zero-order chi connectivity index (χ0) is 19.6. The number of rotatable bonds is 9. The highest BCUT2D eigenvalue weighted by molar-refractivity contribution is 9.10. The Bertz CT molecular complexity index is 811. The molecular weight excluding hydrogens is 416 g/mol. The number of anilines is 1. The first-order valence-electron chi connectivity index (χ1n) is 8.25. The number of carbonyl (C=O) groups excluding carboxylic acids is 2. The van der Waals surface area contributed by atoms with Gasteiger partial charge in [0, 0.05) is 42.2 Å². The predicted molar refractivity (Wildman–Crippen MR) is 106 cm³/mol. The Morgan fingerprint density at radius 1 is 0.963 bits per heavy atom. The van der Waals surface area contributed by atoms with Gasteiger partial charge in [0.05, 0.1) is 4.92 Å². The highest BCUT2D eigenvalue weighted by Crippen LogP contribution is 2.22. The van der Waals surface area contributed by atoms with Gasteiger partial charge in [0.2, 0.25) is 5.91 Å². The monoisotopic (exact) mass is 434 g/mol. The maximum absolute atomic E-state index is 11.9. The SMILES string of the molecule is O=C(CCNC(=O)c1ccc(Br)cc1)NCCNc1ccccc1[N+](=O)[O-]. The normalized spacial score (nSPS) is 10.1. The number of nitrogens with zero attached hydrogens (tertiary/aromatic N) is 1. The summed E-state index contributed by atoms with van der Waals surface area (Å²) < 4.78 is 0.882. The fourth-order valence-corrected chi connectivity index (χ4v) is 2.53. The lowest BCUT2D eigenvalue weighted by Gasteiger charge is -2.09. The van der Waals surface area contributed by atoms with Gasteiger partial charge < -0.3 is 16.0 Å². The van der Waals surface area contributed by atoms with Crippen molar-refractivity contribution in [1.82, 2.24) is 10.6 Å². The molecule has 8 nitrogen and oxygen atoms in total. The minimum atomic E-state index is -0.463. The molecule has 0 atom stereocenters. The average molecular weight is 435 g/mol. The molecule has 9 heteroatoms. The molecule has 0 radical (unpaired) electrons. The summed E-state index contributed by atoms with van der Waals surface area (Å²) >= 11 is 3.30. The van der Waals surface area contributed by atoms with E-state index in [1.54, 1.807) is 42.5 Å². The summed E-state index contributed by atoms with van der Waals surface area (Å²) in [5, 5.41) is 19.2. The number of hydrogen-bond donors (Lipinski definition) is 3. The Labute approximate surface area is 164 Å². The molecular formula is C18H19BrN4O4. The zero-order valence-corrected chi connectivity index (χ0v) is 16.0. The van der Waals surface area contributed by atoms with Crippen molar-refractivity contribution in [3.05, 3.63) is 68.7 Å². The van der Waals surface area contributed by atoms with Crippen molar-refractivity contribution in [2.75, 3.05) is 25.0 Å². The van der Waals surface area contributed by atoms with Gasteiger partial charge in [-0.15, -0.1) is 0 Å². The molecule has 0 aliphatic carbocycles. The van der Waals surface area contributed by atoms with E-state index in [-0.39, 0.29) is 30.5 Å². The molecule has 0 saturated carbocycles. The van der Waals surface area contributed by atoms with Crippen molar-refractivity contribution in [2.24, 2.45) is 0 Å². The van der Waals surface area contributed by atoms with Crippen molar-refractivity contribution in [3.63, 3.8) is 0 Å². The molecule has 0 aromatic heterocycles. The molecule has 27 heavy (non-hydrogen) atoms. The maximum atomic E-state index is 11.9. The number of hydrogen-bond acceptors (Lipinski definition) is 5. The van der Waals surface area contributed by atoms with Crippen LogP contribution in [0.25, 0.3) is 0 Å². The number of carbonyl (C=O) groups is 2. The van der Waals surface area contributed by atoms with Crippen LogP contribution in [0.1, 0.15) is 16.8 Å². The summed E-state index contributed by atoms with van der Waals surface area (Å²) in [5.74, 6) is -0.455. The number of nitrogens with one attached hydrogen (secondary N) is 3. The van der Waals surface area contributed by atoms with Crippen LogP contribution < -0.4 is 16.0 Å². The topological polar surface area (TPSA) is 113 Å². The van der Waals surface area contributed by atoms with Gasteiger partial charge in [-0.1, -0.05) is 28.1 Å². The minimum Gasteiger partial charge on any atom is -0.378 e. The first-order valence-corrected chi connectivity index (χ1v) is 9.04. The molecule has 0 aliphatic heterocycles. The van der Waals surface area contributed by atoms with E-state index in [0.717, 1.165) is 4.47 Å². The molecule has 2 amide bonds. The van der Waals surface area contributed by atoms with Crippen molar-refractivity contribution in [1.29, 1.82) is 0 Å². The fourth-order valence-electron chi connectivity index (χ4n) is 2.26. The van der Waals surface area contributed by atoms with Gasteiger partial charge in [0.25, 0.3) is 11.6 Å². The van der Waals surface area contributed by atoms with Crippen LogP contribution in [0.2, 0.25) is 0 Å². The van der Waals surface area contributed by atoms with Crippen molar-refractivity contribution in [2.45, 2.75) is 6.42 Å². The van der Waals surface area contributed by atoms with Crippen LogP contribution in [-0.4, -0.2) is 36.4 Å². The van der Waals surface area contributed by atoms with Gasteiger partial charge in [-0.25, -0.2) is 0 Å². The molecule has 0 aliphatic rings. The van der Waals surface area contributed by atoms with Gasteiger partial charge in [0.1, 0.15) is 5.69 Å². The minimum absolute atomic E-state index is 0.0144. The quantitative estimate of drug-likeness (QED) is 0.319. The van der Waals surface area contributed by atoms with Gasteiger partial charge in [-0.2, -0.15) is 0 Å². The third kappa shape index (κ3) is 6.70. The number of para-hydroxylation sites is 2. The number of nitro groups is 1. The lowest BCUT2D eigenvalue weighted by Crippen LogP contribution is -2.33. The molecule has 2 aromatic carbocycles. The van der Waals surface area contributed by atoms with E-state index in [9.17, 15) is 19.7 Å². The van der Waals surface area contributed by atoms with Gasteiger partial charge >= 0.3 is 0 Å².